The number of rotatable bonds is 4. The Morgan fingerprint density at radius 3 is 3.00 bits per heavy atom. The van der Waals surface area contributed by atoms with Crippen LogP contribution in [0.25, 0.3) is 10.2 Å². The Hall–Kier alpha value is -0.850. The van der Waals surface area contributed by atoms with Gasteiger partial charge in [0, 0.05) is 10.3 Å². The first kappa shape index (κ1) is 12.6. The van der Waals surface area contributed by atoms with Gasteiger partial charge in [0.25, 0.3) is 0 Å². The van der Waals surface area contributed by atoms with Gasteiger partial charge in [-0.3, -0.25) is 4.79 Å². The van der Waals surface area contributed by atoms with Crippen LogP contribution in [0.5, 0.6) is 0 Å². The number of aliphatic carboxylic acids is 1. The second kappa shape index (κ2) is 5.20. The molecular formula is C10H9ClN2O2S2. The Bertz CT molecular complexity index is 571. The Morgan fingerprint density at radius 2 is 2.35 bits per heavy atom. The Kier molecular flexibility index (Phi) is 3.86. The first-order chi connectivity index (χ1) is 8.10. The van der Waals surface area contributed by atoms with Crippen LogP contribution < -0.4 is 0 Å². The molecule has 0 aliphatic rings. The number of halogens is 1. The topological polar surface area (TPSA) is 63.1 Å². The highest BCUT2D eigenvalue weighted by Gasteiger charge is 2.11. The zero-order chi connectivity index (χ0) is 12.4. The van der Waals surface area contributed by atoms with Crippen LogP contribution in [0, 0.1) is 0 Å². The van der Waals surface area contributed by atoms with E-state index in [9.17, 15) is 4.79 Å². The molecule has 0 unspecified atom stereocenters. The lowest BCUT2D eigenvalue weighted by Gasteiger charge is -1.98. The van der Waals surface area contributed by atoms with Crippen LogP contribution in [0.1, 0.15) is 11.8 Å². The van der Waals surface area contributed by atoms with Crippen molar-refractivity contribution in [1.82, 2.24) is 9.97 Å². The highest BCUT2D eigenvalue weighted by atomic mass is 35.5. The lowest BCUT2D eigenvalue weighted by molar-refractivity contribution is -0.133. The molecule has 0 saturated carbocycles. The van der Waals surface area contributed by atoms with Gasteiger partial charge < -0.3 is 5.11 Å². The van der Waals surface area contributed by atoms with Gasteiger partial charge in [0.1, 0.15) is 9.98 Å². The summed E-state index contributed by atoms with van der Waals surface area (Å²) in [5, 5.41) is 10.2. The fourth-order valence-electron chi connectivity index (χ4n) is 1.28. The third-order valence-electron chi connectivity index (χ3n) is 2.05. The molecule has 0 amide bonds. The normalized spacial score (nSPS) is 10.9. The zero-order valence-electron chi connectivity index (χ0n) is 8.94. The summed E-state index contributed by atoms with van der Waals surface area (Å²) in [7, 11) is 0. The minimum absolute atomic E-state index is 0.0617. The number of aromatic nitrogens is 2. The largest absolute Gasteiger partial charge is 0.481 e. The highest BCUT2D eigenvalue weighted by molar-refractivity contribution is 7.99. The van der Waals surface area contributed by atoms with E-state index in [0.717, 1.165) is 28.4 Å². The summed E-state index contributed by atoms with van der Waals surface area (Å²) < 4.78 is 0. The number of thioether (sulfide) groups is 1. The highest BCUT2D eigenvalue weighted by Crippen LogP contribution is 2.30. The molecule has 0 aromatic carbocycles. The van der Waals surface area contributed by atoms with Gasteiger partial charge in [-0.05, 0) is 12.5 Å². The lowest BCUT2D eigenvalue weighted by Crippen LogP contribution is -1.99. The van der Waals surface area contributed by atoms with Crippen molar-refractivity contribution in [3.63, 3.8) is 0 Å². The van der Waals surface area contributed by atoms with Crippen LogP contribution in [0.3, 0.4) is 0 Å². The van der Waals surface area contributed by atoms with E-state index in [1.165, 1.54) is 4.88 Å². The van der Waals surface area contributed by atoms with Gasteiger partial charge in [0.15, 0.2) is 5.16 Å². The van der Waals surface area contributed by atoms with Gasteiger partial charge in [-0.2, -0.15) is 0 Å². The van der Waals surface area contributed by atoms with Crippen LogP contribution in [-0.4, -0.2) is 26.8 Å². The number of carbonyl (C=O) groups is 1. The Balaban J connectivity index is 2.36. The molecule has 2 rings (SSSR count). The smallest absolute Gasteiger partial charge is 0.313 e. The molecule has 90 valence electrons. The molecule has 0 bridgehead atoms. The molecule has 7 heteroatoms. The minimum atomic E-state index is -0.893. The standard InChI is InChI=1S/C10H9ClN2O2S2/c1-2-5-3-6-8(11)12-10(13-9(6)17-5)16-4-7(14)15/h3H,2,4H2,1H3,(H,14,15). The monoisotopic (exact) mass is 288 g/mol. The molecule has 2 heterocycles. The number of hydrogen-bond acceptors (Lipinski definition) is 5. The predicted molar refractivity (Wildman–Crippen MR) is 70.2 cm³/mol. The number of aryl methyl sites for hydroxylation is 1. The van der Waals surface area contributed by atoms with E-state index in [1.54, 1.807) is 11.3 Å². The lowest BCUT2D eigenvalue weighted by atomic mass is 10.3. The minimum Gasteiger partial charge on any atom is -0.481 e. The first-order valence-electron chi connectivity index (χ1n) is 4.90. The van der Waals surface area contributed by atoms with Crippen LogP contribution in [0.2, 0.25) is 5.15 Å². The number of nitrogens with zero attached hydrogens (tertiary/aromatic N) is 2. The summed E-state index contributed by atoms with van der Waals surface area (Å²) in [6, 6.07) is 1.98. The van der Waals surface area contributed by atoms with Crippen molar-refractivity contribution in [1.29, 1.82) is 0 Å². The van der Waals surface area contributed by atoms with E-state index >= 15 is 0 Å². The van der Waals surface area contributed by atoms with Crippen molar-refractivity contribution in [3.8, 4) is 0 Å². The average molecular weight is 289 g/mol. The zero-order valence-corrected chi connectivity index (χ0v) is 11.3. The van der Waals surface area contributed by atoms with Crippen LogP contribution in [0.15, 0.2) is 11.2 Å². The van der Waals surface area contributed by atoms with Crippen LogP contribution in [-0.2, 0) is 11.2 Å². The molecule has 2 aromatic rings. The van der Waals surface area contributed by atoms with E-state index in [0.29, 0.717) is 10.3 Å². The quantitative estimate of drug-likeness (QED) is 0.532. The predicted octanol–water partition coefficient (Wildman–Crippen LogP) is 3.08. The molecule has 2 aromatic heterocycles. The third kappa shape index (κ3) is 2.88. The molecule has 0 aliphatic carbocycles. The summed E-state index contributed by atoms with van der Waals surface area (Å²) in [5.41, 5.74) is 0. The number of carboxylic acids is 1. The summed E-state index contributed by atoms with van der Waals surface area (Å²) in [5.74, 6) is -0.955. The fourth-order valence-corrected chi connectivity index (χ4v) is 3.20. The molecule has 0 saturated heterocycles. The summed E-state index contributed by atoms with van der Waals surface area (Å²) >= 11 is 8.68. The first-order valence-corrected chi connectivity index (χ1v) is 7.08. The second-order valence-corrected chi connectivity index (χ2v) is 5.68. The summed E-state index contributed by atoms with van der Waals surface area (Å²) in [6.45, 7) is 2.06. The van der Waals surface area contributed by atoms with Gasteiger partial charge >= 0.3 is 5.97 Å². The van der Waals surface area contributed by atoms with E-state index < -0.39 is 5.97 Å². The van der Waals surface area contributed by atoms with Crippen LogP contribution in [0.4, 0.5) is 0 Å². The number of carboxylic acid groups (broad SMARTS) is 1. The maximum atomic E-state index is 10.5. The maximum absolute atomic E-state index is 10.5. The molecule has 0 atom stereocenters. The van der Waals surface area contributed by atoms with Gasteiger partial charge in [-0.15, -0.1) is 11.3 Å². The van der Waals surface area contributed by atoms with Crippen molar-refractivity contribution in [2.24, 2.45) is 0 Å². The summed E-state index contributed by atoms with van der Waals surface area (Å²) in [4.78, 5) is 20.9. The molecular weight excluding hydrogens is 280 g/mol. The second-order valence-electron chi connectivity index (χ2n) is 3.26. The van der Waals surface area contributed by atoms with Crippen molar-refractivity contribution in [3.05, 3.63) is 16.1 Å². The molecule has 0 fully saturated rings. The number of hydrogen-bond donors (Lipinski definition) is 1. The molecule has 4 nitrogen and oxygen atoms in total. The van der Waals surface area contributed by atoms with E-state index in [4.69, 9.17) is 16.7 Å². The van der Waals surface area contributed by atoms with Crippen molar-refractivity contribution < 1.29 is 9.90 Å². The van der Waals surface area contributed by atoms with Gasteiger partial charge in [-0.25, -0.2) is 9.97 Å². The number of thiophene rings is 1. The number of fused-ring (bicyclic) bond motifs is 1. The SMILES string of the molecule is CCc1cc2c(Cl)nc(SCC(=O)O)nc2s1. The van der Waals surface area contributed by atoms with E-state index in [1.807, 2.05) is 6.07 Å². The van der Waals surface area contributed by atoms with Crippen molar-refractivity contribution in [2.45, 2.75) is 18.5 Å². The summed E-state index contributed by atoms with van der Waals surface area (Å²) in [6.07, 6.45) is 0.926. The van der Waals surface area contributed by atoms with Crippen molar-refractivity contribution in [2.75, 3.05) is 5.75 Å². The van der Waals surface area contributed by atoms with E-state index in [-0.39, 0.29) is 5.75 Å². The molecule has 17 heavy (non-hydrogen) atoms. The Morgan fingerprint density at radius 1 is 1.59 bits per heavy atom. The molecule has 0 aliphatic heterocycles. The van der Waals surface area contributed by atoms with Crippen LogP contribution >= 0.6 is 34.7 Å². The molecule has 1 N–H and O–H groups in total. The maximum Gasteiger partial charge on any atom is 0.313 e. The fraction of sp³-hybridized carbons (Fsp3) is 0.300. The average Bonchev–Trinajstić information content (AvgIpc) is 2.70. The van der Waals surface area contributed by atoms with Gasteiger partial charge in [0.05, 0.1) is 5.75 Å². The van der Waals surface area contributed by atoms with Gasteiger partial charge in [-0.1, -0.05) is 30.3 Å². The molecule has 0 radical (unpaired) electrons. The van der Waals surface area contributed by atoms with Gasteiger partial charge in [0.2, 0.25) is 0 Å². The third-order valence-corrected chi connectivity index (χ3v) is 4.34. The Labute approximate surface area is 111 Å². The molecule has 0 spiro atoms. The van der Waals surface area contributed by atoms with E-state index in [2.05, 4.69) is 16.9 Å². The van der Waals surface area contributed by atoms with Crippen molar-refractivity contribution >= 4 is 50.9 Å².